The molecule has 3 rings (SSSR count). The van der Waals surface area contributed by atoms with E-state index in [9.17, 15) is 17.6 Å². The third kappa shape index (κ3) is 3.86. The molecule has 0 unspecified atom stereocenters. The van der Waals surface area contributed by atoms with Crippen LogP contribution in [-0.4, -0.2) is 27.4 Å². The van der Waals surface area contributed by atoms with E-state index in [0.717, 1.165) is 17.7 Å². The van der Waals surface area contributed by atoms with Crippen LogP contribution in [0.3, 0.4) is 0 Å². The summed E-state index contributed by atoms with van der Waals surface area (Å²) in [5, 5.41) is 7.78. The van der Waals surface area contributed by atoms with Crippen LogP contribution in [0.5, 0.6) is 0 Å². The first-order valence-corrected chi connectivity index (χ1v) is 9.76. The molecule has 0 aromatic heterocycles. The minimum atomic E-state index is -3.84. The van der Waals surface area contributed by atoms with Crippen molar-refractivity contribution in [2.45, 2.75) is 24.7 Å². The van der Waals surface area contributed by atoms with Crippen molar-refractivity contribution in [3.05, 3.63) is 53.3 Å². The fourth-order valence-electron chi connectivity index (χ4n) is 3.25. The number of fused-ring (bicyclic) bond motifs is 1. The summed E-state index contributed by atoms with van der Waals surface area (Å²) in [5.41, 5.74) is 2.67. The molecule has 3 N–H and O–H groups in total. The fourth-order valence-corrected chi connectivity index (χ4v) is 3.81. The van der Waals surface area contributed by atoms with Crippen molar-refractivity contribution in [3.8, 4) is 0 Å². The summed E-state index contributed by atoms with van der Waals surface area (Å²) in [4.78, 5) is 14.2. The summed E-state index contributed by atoms with van der Waals surface area (Å²) in [6.07, 6.45) is 1.42. The van der Waals surface area contributed by atoms with Crippen LogP contribution in [0, 0.1) is 12.7 Å². The van der Waals surface area contributed by atoms with E-state index in [4.69, 9.17) is 5.14 Å². The maximum absolute atomic E-state index is 14.1. The molecule has 0 aliphatic carbocycles. The topological polar surface area (TPSA) is 92.5 Å². The van der Waals surface area contributed by atoms with Crippen molar-refractivity contribution >= 4 is 27.3 Å². The van der Waals surface area contributed by atoms with Crippen molar-refractivity contribution in [1.82, 2.24) is 0 Å². The number of amides is 1. The van der Waals surface area contributed by atoms with Gasteiger partial charge >= 0.3 is 0 Å². The number of benzene rings is 2. The zero-order chi connectivity index (χ0) is 18.9. The first-order chi connectivity index (χ1) is 12.3. The molecule has 0 bridgehead atoms. The predicted octanol–water partition coefficient (Wildman–Crippen LogP) is 2.17. The molecule has 138 valence electrons. The number of rotatable bonds is 4. The molecule has 0 fully saturated rings. The lowest BCUT2D eigenvalue weighted by Crippen LogP contribution is -2.37. The average Bonchev–Trinajstić information content (AvgIpc) is 2.58. The molecular weight excluding hydrogens is 357 g/mol. The zero-order valence-electron chi connectivity index (χ0n) is 14.3. The fraction of sp³-hybridized carbons (Fsp3) is 0.278. The maximum atomic E-state index is 14.1. The molecule has 2 aromatic carbocycles. The van der Waals surface area contributed by atoms with Crippen LogP contribution >= 0.6 is 0 Å². The Morgan fingerprint density at radius 3 is 2.81 bits per heavy atom. The summed E-state index contributed by atoms with van der Waals surface area (Å²) in [6.45, 7) is 2.60. The molecule has 0 radical (unpaired) electrons. The number of aryl methyl sites for hydroxylation is 1. The Hall–Kier alpha value is -2.45. The van der Waals surface area contributed by atoms with Gasteiger partial charge in [0.1, 0.15) is 5.82 Å². The van der Waals surface area contributed by atoms with Crippen LogP contribution in [0.1, 0.15) is 17.5 Å². The smallest absolute Gasteiger partial charge is 0.243 e. The number of nitrogens with one attached hydrogen (secondary N) is 1. The highest BCUT2D eigenvalue weighted by atomic mass is 32.2. The Kier molecular flexibility index (Phi) is 4.97. The number of sulfonamides is 1. The van der Waals surface area contributed by atoms with Gasteiger partial charge in [0.05, 0.1) is 11.4 Å². The van der Waals surface area contributed by atoms with Crippen molar-refractivity contribution in [3.63, 3.8) is 0 Å². The Balaban J connectivity index is 1.78. The van der Waals surface area contributed by atoms with Gasteiger partial charge < -0.3 is 10.2 Å². The van der Waals surface area contributed by atoms with Crippen molar-refractivity contribution in [2.75, 3.05) is 23.3 Å². The Bertz CT molecular complexity index is 960. The van der Waals surface area contributed by atoms with E-state index in [1.807, 2.05) is 11.8 Å². The molecule has 1 heterocycles. The van der Waals surface area contributed by atoms with Gasteiger partial charge in [0.25, 0.3) is 0 Å². The van der Waals surface area contributed by atoms with Crippen molar-refractivity contribution in [2.24, 2.45) is 5.14 Å². The van der Waals surface area contributed by atoms with Crippen molar-refractivity contribution < 1.29 is 17.6 Å². The van der Waals surface area contributed by atoms with Crippen LogP contribution in [0.2, 0.25) is 0 Å². The van der Waals surface area contributed by atoms with Gasteiger partial charge in [0, 0.05) is 23.5 Å². The predicted molar refractivity (Wildman–Crippen MR) is 98.1 cm³/mol. The SMILES string of the molecule is Cc1ccc(F)c2c1N(CC(=O)Nc1cccc(S(N)(=O)=O)c1)CCC2. The van der Waals surface area contributed by atoms with Gasteiger partial charge in [-0.25, -0.2) is 17.9 Å². The largest absolute Gasteiger partial charge is 0.362 e. The van der Waals surface area contributed by atoms with Crippen LogP contribution in [0.25, 0.3) is 0 Å². The molecule has 1 aliphatic heterocycles. The summed E-state index contributed by atoms with van der Waals surface area (Å²) in [6, 6.07) is 8.92. The van der Waals surface area contributed by atoms with E-state index >= 15 is 0 Å². The summed E-state index contributed by atoms with van der Waals surface area (Å²) in [5.74, 6) is -0.565. The van der Waals surface area contributed by atoms with E-state index in [1.54, 1.807) is 12.1 Å². The number of nitrogens with zero attached hydrogens (tertiary/aromatic N) is 1. The number of carbonyl (C=O) groups excluding carboxylic acids is 1. The van der Waals surface area contributed by atoms with Crippen LogP contribution in [0.15, 0.2) is 41.3 Å². The van der Waals surface area contributed by atoms with Gasteiger partial charge in [-0.1, -0.05) is 12.1 Å². The van der Waals surface area contributed by atoms with Gasteiger partial charge in [-0.3, -0.25) is 4.79 Å². The van der Waals surface area contributed by atoms with E-state index in [-0.39, 0.29) is 23.2 Å². The molecular formula is C18H20FN3O3S. The van der Waals surface area contributed by atoms with Gasteiger partial charge in [0.2, 0.25) is 15.9 Å². The molecule has 1 amide bonds. The lowest BCUT2D eigenvalue weighted by Gasteiger charge is -2.32. The minimum Gasteiger partial charge on any atom is -0.362 e. The van der Waals surface area contributed by atoms with E-state index in [2.05, 4.69) is 5.32 Å². The molecule has 1 aliphatic rings. The van der Waals surface area contributed by atoms with Crippen molar-refractivity contribution in [1.29, 1.82) is 0 Å². The lowest BCUT2D eigenvalue weighted by atomic mass is 9.97. The monoisotopic (exact) mass is 377 g/mol. The molecule has 0 saturated heterocycles. The van der Waals surface area contributed by atoms with E-state index in [0.29, 0.717) is 24.2 Å². The third-order valence-electron chi connectivity index (χ3n) is 4.38. The van der Waals surface area contributed by atoms with Gasteiger partial charge in [-0.2, -0.15) is 0 Å². The third-order valence-corrected chi connectivity index (χ3v) is 5.29. The Morgan fingerprint density at radius 1 is 1.31 bits per heavy atom. The number of primary sulfonamides is 1. The molecule has 0 atom stereocenters. The summed E-state index contributed by atoms with van der Waals surface area (Å²) >= 11 is 0. The van der Waals surface area contributed by atoms with Gasteiger partial charge in [-0.15, -0.1) is 0 Å². The lowest BCUT2D eigenvalue weighted by molar-refractivity contribution is -0.115. The number of carbonyl (C=O) groups is 1. The number of halogens is 1. The number of hydrogen-bond donors (Lipinski definition) is 2. The van der Waals surface area contributed by atoms with Gasteiger partial charge in [-0.05, 0) is 49.6 Å². The number of hydrogen-bond acceptors (Lipinski definition) is 4. The average molecular weight is 377 g/mol. The molecule has 0 saturated carbocycles. The standard InChI is InChI=1S/C18H20FN3O3S/c1-12-7-8-16(19)15-6-3-9-22(18(12)15)11-17(23)21-13-4-2-5-14(10-13)26(20,24)25/h2,4-5,7-8,10H,3,6,9,11H2,1H3,(H,21,23)(H2,20,24,25). The maximum Gasteiger partial charge on any atom is 0.243 e. The first-order valence-electron chi connectivity index (χ1n) is 8.21. The normalized spacial score (nSPS) is 14.0. The number of nitrogens with two attached hydrogens (primary N) is 1. The zero-order valence-corrected chi connectivity index (χ0v) is 15.1. The van der Waals surface area contributed by atoms with E-state index in [1.165, 1.54) is 24.3 Å². The second kappa shape index (κ2) is 7.05. The van der Waals surface area contributed by atoms with Crippen LogP contribution in [-0.2, 0) is 21.2 Å². The summed E-state index contributed by atoms with van der Waals surface area (Å²) < 4.78 is 36.9. The first kappa shape index (κ1) is 18.3. The molecule has 6 nitrogen and oxygen atoms in total. The quantitative estimate of drug-likeness (QED) is 0.854. The second-order valence-corrected chi connectivity index (χ2v) is 7.90. The highest BCUT2D eigenvalue weighted by Gasteiger charge is 2.23. The Labute approximate surface area is 151 Å². The molecule has 8 heteroatoms. The second-order valence-electron chi connectivity index (χ2n) is 6.34. The van der Waals surface area contributed by atoms with E-state index < -0.39 is 10.0 Å². The highest BCUT2D eigenvalue weighted by Crippen LogP contribution is 2.32. The van der Waals surface area contributed by atoms with Gasteiger partial charge in [0.15, 0.2) is 0 Å². The van der Waals surface area contributed by atoms with Crippen LogP contribution in [0.4, 0.5) is 15.8 Å². The van der Waals surface area contributed by atoms with Crippen LogP contribution < -0.4 is 15.4 Å². The molecule has 0 spiro atoms. The summed E-state index contributed by atoms with van der Waals surface area (Å²) in [7, 11) is -3.84. The molecule has 2 aromatic rings. The molecule has 26 heavy (non-hydrogen) atoms. The minimum absolute atomic E-state index is 0.0525. The Morgan fingerprint density at radius 2 is 2.08 bits per heavy atom. The number of anilines is 2. The highest BCUT2D eigenvalue weighted by molar-refractivity contribution is 7.89.